The molecule has 1 aromatic heterocycles. The van der Waals surface area contributed by atoms with E-state index in [0.717, 1.165) is 17.8 Å². The Bertz CT molecular complexity index is 882. The van der Waals surface area contributed by atoms with Crippen LogP contribution in [0.15, 0.2) is 58.6 Å². The lowest BCUT2D eigenvalue weighted by molar-refractivity contribution is -0.394. The van der Waals surface area contributed by atoms with Crippen LogP contribution >= 0.6 is 11.8 Å². The van der Waals surface area contributed by atoms with Crippen molar-refractivity contribution in [3.63, 3.8) is 0 Å². The Kier molecular flexibility index (Phi) is 4.16. The van der Waals surface area contributed by atoms with Crippen LogP contribution < -0.4 is 0 Å². The van der Waals surface area contributed by atoms with Gasteiger partial charge in [-0.05, 0) is 34.3 Å². The van der Waals surface area contributed by atoms with E-state index in [0.29, 0.717) is 15.7 Å². The summed E-state index contributed by atoms with van der Waals surface area (Å²) in [6, 6.07) is 12.4. The van der Waals surface area contributed by atoms with Gasteiger partial charge >= 0.3 is 0 Å². The van der Waals surface area contributed by atoms with E-state index in [1.165, 1.54) is 16.8 Å². The van der Waals surface area contributed by atoms with E-state index in [9.17, 15) is 20.2 Å². The van der Waals surface area contributed by atoms with Gasteiger partial charge in [0.05, 0.1) is 21.6 Å². The predicted molar refractivity (Wildman–Crippen MR) is 83.0 cm³/mol. The van der Waals surface area contributed by atoms with Crippen LogP contribution in [0.3, 0.4) is 0 Å². The van der Waals surface area contributed by atoms with Gasteiger partial charge in [-0.3, -0.25) is 20.2 Å². The highest BCUT2D eigenvalue weighted by Crippen LogP contribution is 2.33. The Morgan fingerprint density at radius 1 is 0.958 bits per heavy atom. The highest BCUT2D eigenvalue weighted by molar-refractivity contribution is 7.99. The van der Waals surface area contributed by atoms with Crippen molar-refractivity contribution in [3.05, 3.63) is 68.8 Å². The minimum Gasteiger partial charge on any atom is -0.258 e. The fourth-order valence-corrected chi connectivity index (χ4v) is 2.79. The maximum Gasteiger partial charge on any atom is 0.277 e. The number of benzene rings is 2. The van der Waals surface area contributed by atoms with Gasteiger partial charge in [-0.25, -0.2) is 0 Å². The van der Waals surface area contributed by atoms with Crippen LogP contribution in [0.5, 0.6) is 0 Å². The molecule has 0 spiro atoms. The summed E-state index contributed by atoms with van der Waals surface area (Å²) in [4.78, 5) is 20.8. The maximum absolute atomic E-state index is 10.9. The molecule has 0 N–H and O–H groups in total. The van der Waals surface area contributed by atoms with Gasteiger partial charge in [-0.2, -0.15) is 4.68 Å². The highest BCUT2D eigenvalue weighted by Gasteiger charge is 2.19. The number of tetrazole rings is 1. The smallest absolute Gasteiger partial charge is 0.258 e. The molecule has 0 aliphatic carbocycles. The van der Waals surface area contributed by atoms with Crippen LogP contribution in [0.4, 0.5) is 11.4 Å². The van der Waals surface area contributed by atoms with Crippen LogP contribution in [0.25, 0.3) is 5.69 Å². The average molecular weight is 344 g/mol. The number of nitro benzene ring substituents is 2. The molecule has 0 amide bonds. The van der Waals surface area contributed by atoms with Crippen molar-refractivity contribution in [2.24, 2.45) is 0 Å². The average Bonchev–Trinajstić information content (AvgIpc) is 3.03. The molecule has 2 aromatic carbocycles. The second-order valence-electron chi connectivity index (χ2n) is 4.51. The molecule has 1 heterocycles. The van der Waals surface area contributed by atoms with E-state index >= 15 is 0 Å². The first kappa shape index (κ1) is 15.6. The molecule has 0 atom stereocenters. The van der Waals surface area contributed by atoms with Crippen LogP contribution in [0.2, 0.25) is 0 Å². The molecule has 120 valence electrons. The van der Waals surface area contributed by atoms with Crippen molar-refractivity contribution >= 4 is 23.1 Å². The van der Waals surface area contributed by atoms with Crippen LogP contribution in [0, 0.1) is 20.2 Å². The van der Waals surface area contributed by atoms with Crippen molar-refractivity contribution < 1.29 is 9.85 Å². The molecule has 0 bridgehead atoms. The molecule has 11 heteroatoms. The first-order valence-corrected chi connectivity index (χ1v) is 7.32. The number of para-hydroxylation sites is 1. The third-order valence-electron chi connectivity index (χ3n) is 2.95. The highest BCUT2D eigenvalue weighted by atomic mass is 32.2. The Hall–Kier alpha value is -3.34. The van der Waals surface area contributed by atoms with Crippen molar-refractivity contribution in [1.82, 2.24) is 20.2 Å². The molecular weight excluding hydrogens is 336 g/mol. The maximum atomic E-state index is 10.9. The standard InChI is InChI=1S/C13H8N6O4S/c20-18(21)10-6-11(19(22)23)8-12(7-10)24-13-14-15-16-17(13)9-4-2-1-3-5-9/h1-8H. The number of nitro groups is 2. The second kappa shape index (κ2) is 6.42. The van der Waals surface area contributed by atoms with Crippen LogP contribution in [-0.2, 0) is 0 Å². The molecule has 0 fully saturated rings. The lowest BCUT2D eigenvalue weighted by atomic mass is 10.3. The van der Waals surface area contributed by atoms with Gasteiger partial charge in [0.2, 0.25) is 5.16 Å². The van der Waals surface area contributed by atoms with Gasteiger partial charge in [0, 0.05) is 17.0 Å². The molecule has 0 radical (unpaired) electrons. The summed E-state index contributed by atoms with van der Waals surface area (Å²) in [5.74, 6) is 0. The van der Waals surface area contributed by atoms with Gasteiger partial charge in [0.15, 0.2) is 0 Å². The number of rotatable bonds is 5. The Labute approximate surface area is 138 Å². The van der Waals surface area contributed by atoms with Crippen molar-refractivity contribution in [1.29, 1.82) is 0 Å². The van der Waals surface area contributed by atoms with Crippen molar-refractivity contribution in [2.75, 3.05) is 0 Å². The predicted octanol–water partition coefficient (Wildman–Crippen LogP) is 2.63. The zero-order valence-corrected chi connectivity index (χ0v) is 12.7. The fourth-order valence-electron chi connectivity index (χ4n) is 1.92. The lowest BCUT2D eigenvalue weighted by Gasteiger charge is -2.04. The summed E-state index contributed by atoms with van der Waals surface area (Å²) >= 11 is 0.997. The zero-order valence-electron chi connectivity index (χ0n) is 11.8. The molecular formula is C13H8N6O4S. The summed E-state index contributed by atoms with van der Waals surface area (Å²) in [6.45, 7) is 0. The molecule has 0 aliphatic heterocycles. The Morgan fingerprint density at radius 2 is 1.58 bits per heavy atom. The number of nitrogens with zero attached hydrogens (tertiary/aromatic N) is 6. The third-order valence-corrected chi connectivity index (χ3v) is 3.86. The largest absolute Gasteiger partial charge is 0.277 e. The quantitative estimate of drug-likeness (QED) is 0.510. The van der Waals surface area contributed by atoms with E-state index in [2.05, 4.69) is 15.5 Å². The molecule has 3 rings (SSSR count). The molecule has 0 unspecified atom stereocenters. The van der Waals surface area contributed by atoms with E-state index < -0.39 is 9.85 Å². The summed E-state index contributed by atoms with van der Waals surface area (Å²) in [6.07, 6.45) is 0. The lowest BCUT2D eigenvalue weighted by Crippen LogP contribution is -1.98. The molecule has 0 saturated carbocycles. The number of hydrogen-bond acceptors (Lipinski definition) is 8. The van der Waals surface area contributed by atoms with Crippen LogP contribution in [0.1, 0.15) is 0 Å². The van der Waals surface area contributed by atoms with Gasteiger partial charge in [-0.1, -0.05) is 18.2 Å². The molecule has 3 aromatic rings. The number of non-ortho nitro benzene ring substituents is 2. The normalized spacial score (nSPS) is 10.5. The second-order valence-corrected chi connectivity index (χ2v) is 5.55. The summed E-state index contributed by atoms with van der Waals surface area (Å²) < 4.78 is 1.44. The summed E-state index contributed by atoms with van der Waals surface area (Å²) in [7, 11) is 0. The number of hydrogen-bond donors (Lipinski definition) is 0. The SMILES string of the molecule is O=[N+]([O-])c1cc(Sc2nnnn2-c2ccccc2)cc([N+](=O)[O-])c1. The molecule has 0 aliphatic rings. The van der Waals surface area contributed by atoms with Crippen LogP contribution in [-0.4, -0.2) is 30.1 Å². The molecule has 24 heavy (non-hydrogen) atoms. The first-order valence-electron chi connectivity index (χ1n) is 6.50. The first-order chi connectivity index (χ1) is 11.5. The zero-order chi connectivity index (χ0) is 17.1. The Balaban J connectivity index is 1.99. The monoisotopic (exact) mass is 344 g/mol. The van der Waals surface area contributed by atoms with Crippen molar-refractivity contribution in [3.8, 4) is 5.69 Å². The van der Waals surface area contributed by atoms with E-state index in [-0.39, 0.29) is 11.4 Å². The van der Waals surface area contributed by atoms with E-state index in [1.54, 1.807) is 12.1 Å². The Morgan fingerprint density at radius 3 is 2.17 bits per heavy atom. The fraction of sp³-hybridized carbons (Fsp3) is 0. The minimum absolute atomic E-state index is 0.294. The van der Waals surface area contributed by atoms with Gasteiger partial charge in [0.1, 0.15) is 0 Å². The summed E-state index contributed by atoms with van der Waals surface area (Å²) in [5, 5.41) is 33.5. The van der Waals surface area contributed by atoms with E-state index in [4.69, 9.17) is 0 Å². The number of aromatic nitrogens is 4. The van der Waals surface area contributed by atoms with Crippen molar-refractivity contribution in [2.45, 2.75) is 10.1 Å². The topological polar surface area (TPSA) is 130 Å². The van der Waals surface area contributed by atoms with Gasteiger partial charge in [-0.15, -0.1) is 5.10 Å². The summed E-state index contributed by atoms with van der Waals surface area (Å²) in [5.41, 5.74) is -0.0409. The molecule has 10 nitrogen and oxygen atoms in total. The van der Waals surface area contributed by atoms with Gasteiger partial charge < -0.3 is 0 Å². The van der Waals surface area contributed by atoms with Gasteiger partial charge in [0.25, 0.3) is 11.4 Å². The van der Waals surface area contributed by atoms with E-state index in [1.807, 2.05) is 18.2 Å². The molecule has 0 saturated heterocycles. The minimum atomic E-state index is -0.683. The third kappa shape index (κ3) is 3.20.